The van der Waals surface area contributed by atoms with Gasteiger partial charge in [0.2, 0.25) is 5.88 Å². The molecule has 1 aliphatic carbocycles. The van der Waals surface area contributed by atoms with E-state index < -0.39 is 6.10 Å². The predicted molar refractivity (Wildman–Crippen MR) is 61.8 cm³/mol. The molecule has 1 aromatic heterocycles. The lowest BCUT2D eigenvalue weighted by Gasteiger charge is -2.41. The number of aromatic nitrogens is 2. The van der Waals surface area contributed by atoms with E-state index in [1.807, 2.05) is 0 Å². The number of aliphatic hydroxyl groups is 1. The molecule has 2 rings (SSSR count). The minimum Gasteiger partial charge on any atom is -0.480 e. The second-order valence-corrected chi connectivity index (χ2v) is 4.41. The van der Waals surface area contributed by atoms with E-state index in [4.69, 9.17) is 9.47 Å². The maximum Gasteiger partial charge on any atom is 0.238 e. The highest BCUT2D eigenvalue weighted by molar-refractivity contribution is 5.20. The van der Waals surface area contributed by atoms with E-state index in [0.717, 1.165) is 19.3 Å². The van der Waals surface area contributed by atoms with Gasteiger partial charge in [0.05, 0.1) is 12.7 Å². The molecule has 0 amide bonds. The molecule has 0 saturated heterocycles. The Morgan fingerprint density at radius 1 is 1.35 bits per heavy atom. The average Bonchev–Trinajstić information content (AvgIpc) is 2.33. The molecule has 1 heterocycles. The monoisotopic (exact) mass is 238 g/mol. The minimum atomic E-state index is -0.695. The Morgan fingerprint density at radius 3 is 2.59 bits per heavy atom. The lowest BCUT2D eigenvalue weighted by molar-refractivity contribution is -0.101. The SMILES string of the molecule is COc1nccnc1C(O)CC1(OC)CCC1. The maximum absolute atomic E-state index is 10.2. The molecular weight excluding hydrogens is 220 g/mol. The molecule has 5 nitrogen and oxygen atoms in total. The van der Waals surface area contributed by atoms with Crippen molar-refractivity contribution in [2.24, 2.45) is 0 Å². The zero-order valence-corrected chi connectivity index (χ0v) is 10.2. The number of nitrogens with zero attached hydrogens (tertiary/aromatic N) is 2. The summed E-state index contributed by atoms with van der Waals surface area (Å²) in [6.07, 6.45) is 6.08. The van der Waals surface area contributed by atoms with Crippen LogP contribution in [0.3, 0.4) is 0 Å². The summed E-state index contributed by atoms with van der Waals surface area (Å²) in [5, 5.41) is 10.2. The van der Waals surface area contributed by atoms with Gasteiger partial charge in [-0.2, -0.15) is 0 Å². The summed E-state index contributed by atoms with van der Waals surface area (Å²) in [6, 6.07) is 0. The van der Waals surface area contributed by atoms with E-state index >= 15 is 0 Å². The van der Waals surface area contributed by atoms with Crippen molar-refractivity contribution < 1.29 is 14.6 Å². The molecule has 17 heavy (non-hydrogen) atoms. The van der Waals surface area contributed by atoms with E-state index in [0.29, 0.717) is 18.0 Å². The fourth-order valence-electron chi connectivity index (χ4n) is 2.23. The Bertz CT molecular complexity index is 374. The molecule has 0 aromatic carbocycles. The predicted octanol–water partition coefficient (Wildman–Crippen LogP) is 1.48. The molecular formula is C12H18N2O3. The van der Waals surface area contributed by atoms with Gasteiger partial charge in [0, 0.05) is 25.9 Å². The van der Waals surface area contributed by atoms with Gasteiger partial charge in [-0.1, -0.05) is 0 Å². The van der Waals surface area contributed by atoms with Crippen molar-refractivity contribution in [3.8, 4) is 5.88 Å². The summed E-state index contributed by atoms with van der Waals surface area (Å²) in [6.45, 7) is 0. The summed E-state index contributed by atoms with van der Waals surface area (Å²) in [5.74, 6) is 0.380. The average molecular weight is 238 g/mol. The zero-order chi connectivity index (χ0) is 12.3. The topological polar surface area (TPSA) is 64.5 Å². The van der Waals surface area contributed by atoms with Crippen molar-refractivity contribution in [2.75, 3.05) is 14.2 Å². The van der Waals surface area contributed by atoms with Crippen LogP contribution in [-0.2, 0) is 4.74 Å². The highest BCUT2D eigenvalue weighted by atomic mass is 16.5. The number of hydrogen-bond donors (Lipinski definition) is 1. The second-order valence-electron chi connectivity index (χ2n) is 4.41. The molecule has 1 atom stereocenters. The molecule has 1 saturated carbocycles. The van der Waals surface area contributed by atoms with Crippen LogP contribution in [0.15, 0.2) is 12.4 Å². The smallest absolute Gasteiger partial charge is 0.238 e. The third kappa shape index (κ3) is 2.40. The molecule has 94 valence electrons. The van der Waals surface area contributed by atoms with Crippen LogP contribution in [0.4, 0.5) is 0 Å². The van der Waals surface area contributed by atoms with Gasteiger partial charge in [-0.15, -0.1) is 0 Å². The van der Waals surface area contributed by atoms with Crippen LogP contribution < -0.4 is 4.74 Å². The van der Waals surface area contributed by atoms with Crippen molar-refractivity contribution in [2.45, 2.75) is 37.4 Å². The molecule has 5 heteroatoms. The molecule has 1 fully saturated rings. The summed E-state index contributed by atoms with van der Waals surface area (Å²) < 4.78 is 10.6. The van der Waals surface area contributed by atoms with E-state index in [1.54, 1.807) is 19.5 Å². The summed E-state index contributed by atoms with van der Waals surface area (Å²) >= 11 is 0. The van der Waals surface area contributed by atoms with E-state index in [9.17, 15) is 5.11 Å². The van der Waals surface area contributed by atoms with Gasteiger partial charge in [0.1, 0.15) is 11.8 Å². The molecule has 0 bridgehead atoms. The highest BCUT2D eigenvalue weighted by Gasteiger charge is 2.39. The Balaban J connectivity index is 2.11. The Morgan fingerprint density at radius 2 is 2.06 bits per heavy atom. The van der Waals surface area contributed by atoms with E-state index in [2.05, 4.69) is 9.97 Å². The van der Waals surface area contributed by atoms with Gasteiger partial charge in [0.25, 0.3) is 0 Å². The minimum absolute atomic E-state index is 0.193. The van der Waals surface area contributed by atoms with Gasteiger partial charge in [-0.3, -0.25) is 4.98 Å². The van der Waals surface area contributed by atoms with E-state index in [1.165, 1.54) is 7.11 Å². The summed E-state index contributed by atoms with van der Waals surface area (Å²) in [4.78, 5) is 8.17. The van der Waals surface area contributed by atoms with Crippen LogP contribution in [0, 0.1) is 0 Å². The Kier molecular flexibility index (Phi) is 3.59. The number of ether oxygens (including phenoxy) is 2. The first-order valence-corrected chi connectivity index (χ1v) is 5.79. The van der Waals surface area contributed by atoms with Crippen LogP contribution in [0.25, 0.3) is 0 Å². The van der Waals surface area contributed by atoms with Crippen molar-refractivity contribution in [3.63, 3.8) is 0 Å². The number of methoxy groups -OCH3 is 2. The lowest BCUT2D eigenvalue weighted by Crippen LogP contribution is -2.40. The Labute approximate surface area is 101 Å². The third-order valence-corrected chi connectivity index (χ3v) is 3.46. The first-order chi connectivity index (χ1) is 8.21. The molecule has 0 spiro atoms. The fourth-order valence-corrected chi connectivity index (χ4v) is 2.23. The summed E-state index contributed by atoms with van der Waals surface area (Å²) in [5.41, 5.74) is 0.292. The van der Waals surface area contributed by atoms with Gasteiger partial charge < -0.3 is 14.6 Å². The van der Waals surface area contributed by atoms with Crippen molar-refractivity contribution in [1.29, 1.82) is 0 Å². The largest absolute Gasteiger partial charge is 0.480 e. The number of rotatable bonds is 5. The third-order valence-electron chi connectivity index (χ3n) is 3.46. The number of hydrogen-bond acceptors (Lipinski definition) is 5. The maximum atomic E-state index is 10.2. The molecule has 0 radical (unpaired) electrons. The van der Waals surface area contributed by atoms with Crippen LogP contribution in [-0.4, -0.2) is 34.9 Å². The Hall–Kier alpha value is -1.20. The first-order valence-electron chi connectivity index (χ1n) is 5.79. The number of aliphatic hydroxyl groups excluding tert-OH is 1. The molecule has 1 N–H and O–H groups in total. The van der Waals surface area contributed by atoms with Crippen molar-refractivity contribution >= 4 is 0 Å². The van der Waals surface area contributed by atoms with Crippen LogP contribution in [0.5, 0.6) is 5.88 Å². The first kappa shape index (κ1) is 12.3. The standard InChI is InChI=1S/C12H18N2O3/c1-16-11-10(13-6-7-14-11)9(15)8-12(17-2)4-3-5-12/h6-7,9,15H,3-5,8H2,1-2H3. The lowest BCUT2D eigenvalue weighted by atomic mass is 9.76. The zero-order valence-electron chi connectivity index (χ0n) is 10.2. The quantitative estimate of drug-likeness (QED) is 0.841. The van der Waals surface area contributed by atoms with Gasteiger partial charge in [0.15, 0.2) is 0 Å². The fraction of sp³-hybridized carbons (Fsp3) is 0.667. The van der Waals surface area contributed by atoms with Crippen LogP contribution in [0.2, 0.25) is 0 Å². The van der Waals surface area contributed by atoms with Gasteiger partial charge in [-0.25, -0.2) is 4.98 Å². The van der Waals surface area contributed by atoms with Crippen molar-refractivity contribution in [3.05, 3.63) is 18.1 Å². The van der Waals surface area contributed by atoms with Crippen LogP contribution in [0.1, 0.15) is 37.5 Å². The van der Waals surface area contributed by atoms with Crippen molar-refractivity contribution in [1.82, 2.24) is 9.97 Å². The second kappa shape index (κ2) is 4.98. The van der Waals surface area contributed by atoms with Gasteiger partial charge >= 0.3 is 0 Å². The molecule has 1 aromatic rings. The highest BCUT2D eigenvalue weighted by Crippen LogP contribution is 2.42. The van der Waals surface area contributed by atoms with Crippen LogP contribution >= 0.6 is 0 Å². The molecule has 1 aliphatic rings. The molecule has 0 aliphatic heterocycles. The summed E-state index contributed by atoms with van der Waals surface area (Å²) in [7, 11) is 3.22. The van der Waals surface area contributed by atoms with Gasteiger partial charge in [-0.05, 0) is 19.3 Å². The molecule has 1 unspecified atom stereocenters. The normalized spacial score (nSPS) is 19.5. The van der Waals surface area contributed by atoms with E-state index in [-0.39, 0.29) is 5.60 Å².